The Hall–Kier alpha value is 0.799. The second-order valence-electron chi connectivity index (χ2n) is 5.41. The minimum atomic E-state index is -0.948. The van der Waals surface area contributed by atoms with Crippen molar-refractivity contribution in [2.45, 2.75) is 77.0 Å². The fourth-order valence-electron chi connectivity index (χ4n) is 3.45. The molecule has 2 saturated carbocycles. The number of hydrogen-bond acceptors (Lipinski definition) is 0. The van der Waals surface area contributed by atoms with Gasteiger partial charge < -0.3 is 0 Å². The Morgan fingerprint density at radius 1 is 0.643 bits per heavy atom. The van der Waals surface area contributed by atoms with E-state index in [0.717, 1.165) is 0 Å². The van der Waals surface area contributed by atoms with Crippen molar-refractivity contribution in [3.8, 4) is 0 Å². The summed E-state index contributed by atoms with van der Waals surface area (Å²) in [5.41, 5.74) is 0. The van der Waals surface area contributed by atoms with Gasteiger partial charge in [-0.05, 0) is 0 Å². The Morgan fingerprint density at radius 3 is 1.36 bits per heavy atom. The first-order valence-corrected chi connectivity index (χ1v) is 12.9. The summed E-state index contributed by atoms with van der Waals surface area (Å²) in [7, 11) is 0. The van der Waals surface area contributed by atoms with E-state index in [4.69, 9.17) is 0 Å². The van der Waals surface area contributed by atoms with Gasteiger partial charge in [0, 0.05) is 0 Å². The van der Waals surface area contributed by atoms with Crippen LogP contribution in [-0.4, -0.2) is 19.8 Å². The van der Waals surface area contributed by atoms with Crippen molar-refractivity contribution in [1.29, 1.82) is 0 Å². The molecule has 0 bridgehead atoms. The molecular formula is C13H25Sn. The van der Waals surface area contributed by atoms with Gasteiger partial charge in [0.05, 0.1) is 0 Å². The van der Waals surface area contributed by atoms with Gasteiger partial charge in [-0.15, -0.1) is 0 Å². The van der Waals surface area contributed by atoms with Gasteiger partial charge in [0.15, 0.2) is 0 Å². The predicted molar refractivity (Wildman–Crippen MR) is 65.3 cm³/mol. The van der Waals surface area contributed by atoms with E-state index >= 15 is 0 Å². The van der Waals surface area contributed by atoms with Crippen LogP contribution in [0.5, 0.6) is 0 Å². The van der Waals surface area contributed by atoms with Crippen LogP contribution >= 0.6 is 0 Å². The monoisotopic (exact) mass is 301 g/mol. The van der Waals surface area contributed by atoms with Crippen LogP contribution in [0.4, 0.5) is 0 Å². The van der Waals surface area contributed by atoms with Crippen LogP contribution in [0.15, 0.2) is 0 Å². The summed E-state index contributed by atoms with van der Waals surface area (Å²) in [6.45, 7) is 0. The summed E-state index contributed by atoms with van der Waals surface area (Å²) >= 11 is -0.948. The van der Waals surface area contributed by atoms with E-state index in [-0.39, 0.29) is 0 Å². The van der Waals surface area contributed by atoms with Gasteiger partial charge >= 0.3 is 96.8 Å². The zero-order valence-corrected chi connectivity index (χ0v) is 12.6. The molecule has 0 unspecified atom stereocenters. The van der Waals surface area contributed by atoms with Gasteiger partial charge in [0.2, 0.25) is 0 Å². The van der Waals surface area contributed by atoms with Gasteiger partial charge in [0.25, 0.3) is 0 Å². The molecule has 1 heteroatoms. The zero-order valence-electron chi connectivity index (χ0n) is 9.73. The zero-order chi connectivity index (χ0) is 9.80. The minimum absolute atomic E-state index is 0.948. The van der Waals surface area contributed by atoms with Crippen LogP contribution in [0.25, 0.3) is 0 Å². The van der Waals surface area contributed by atoms with Crippen molar-refractivity contribution in [2.75, 3.05) is 0 Å². The van der Waals surface area contributed by atoms with Crippen molar-refractivity contribution < 1.29 is 0 Å². The van der Waals surface area contributed by atoms with Crippen LogP contribution in [-0.2, 0) is 0 Å². The molecule has 0 nitrogen and oxygen atoms in total. The average Bonchev–Trinajstić information content (AvgIpc) is 2.30. The molecule has 0 spiro atoms. The molecule has 0 N–H and O–H groups in total. The number of hydrogen-bond donors (Lipinski definition) is 0. The molecule has 2 aliphatic carbocycles. The van der Waals surface area contributed by atoms with Gasteiger partial charge in [-0.25, -0.2) is 0 Å². The first-order valence-electron chi connectivity index (χ1n) is 6.71. The quantitative estimate of drug-likeness (QED) is 0.644. The summed E-state index contributed by atoms with van der Waals surface area (Å²) in [5, 5.41) is 0. The third kappa shape index (κ3) is 2.90. The summed E-state index contributed by atoms with van der Waals surface area (Å²) in [6.07, 6.45) is 15.8. The fraction of sp³-hybridized carbons (Fsp3) is 1.00. The molecule has 14 heavy (non-hydrogen) atoms. The van der Waals surface area contributed by atoms with Gasteiger partial charge in [-0.3, -0.25) is 0 Å². The third-order valence-corrected chi connectivity index (χ3v) is 15.1. The molecule has 2 fully saturated rings. The maximum absolute atomic E-state index is 2.74. The van der Waals surface area contributed by atoms with E-state index in [9.17, 15) is 0 Å². The van der Waals surface area contributed by atoms with Crippen molar-refractivity contribution in [3.05, 3.63) is 0 Å². The van der Waals surface area contributed by atoms with E-state index < -0.39 is 19.8 Å². The molecule has 0 aromatic heterocycles. The predicted octanol–water partition coefficient (Wildman–Crippen LogP) is 4.78. The van der Waals surface area contributed by atoms with Gasteiger partial charge in [-0.2, -0.15) is 0 Å². The third-order valence-electron chi connectivity index (χ3n) is 4.50. The Morgan fingerprint density at radius 2 is 1.00 bits per heavy atom. The van der Waals surface area contributed by atoms with Crippen molar-refractivity contribution in [3.63, 3.8) is 0 Å². The Bertz CT molecular complexity index is 137. The summed E-state index contributed by atoms with van der Waals surface area (Å²) in [4.78, 5) is 2.74. The Labute approximate surface area is 96.6 Å². The van der Waals surface area contributed by atoms with Crippen LogP contribution in [0.1, 0.15) is 64.2 Å². The normalized spacial score (nSPS) is 27.0. The summed E-state index contributed by atoms with van der Waals surface area (Å²) < 4.78 is 2.57. The SMILES string of the molecule is [CH3][Sn]([CH]1CCCCC1)[CH]1CCCCC1. The van der Waals surface area contributed by atoms with E-state index in [1.54, 1.807) is 51.4 Å². The van der Waals surface area contributed by atoms with Gasteiger partial charge in [0.1, 0.15) is 0 Å². The Kier molecular flexibility index (Phi) is 4.65. The van der Waals surface area contributed by atoms with Crippen LogP contribution in [0.2, 0.25) is 12.8 Å². The topological polar surface area (TPSA) is 0 Å². The van der Waals surface area contributed by atoms with Crippen molar-refractivity contribution in [2.24, 2.45) is 0 Å². The first kappa shape index (κ1) is 11.3. The molecule has 0 aliphatic heterocycles. The molecule has 81 valence electrons. The second kappa shape index (κ2) is 5.77. The molecule has 0 amide bonds. The van der Waals surface area contributed by atoms with E-state index in [0.29, 0.717) is 0 Å². The maximum atomic E-state index is 2.74. The van der Waals surface area contributed by atoms with Crippen LogP contribution < -0.4 is 0 Å². The standard InChI is InChI=1S/2C6H11.CH3.Sn/c2*1-2-4-6-5-3-1;;/h2*1H,2-6H2;1H3;. The van der Waals surface area contributed by atoms with Crippen molar-refractivity contribution >= 4 is 19.8 Å². The molecular weight excluding hydrogens is 275 g/mol. The summed E-state index contributed by atoms with van der Waals surface area (Å²) in [5.74, 6) is 0. The molecule has 2 rings (SSSR count). The van der Waals surface area contributed by atoms with Gasteiger partial charge in [-0.1, -0.05) is 0 Å². The molecule has 1 radical (unpaired) electrons. The molecule has 0 aromatic carbocycles. The summed E-state index contributed by atoms with van der Waals surface area (Å²) in [6, 6.07) is 0. The molecule has 0 saturated heterocycles. The average molecular weight is 300 g/mol. The van der Waals surface area contributed by atoms with E-state index in [2.05, 4.69) is 4.94 Å². The van der Waals surface area contributed by atoms with E-state index in [1.807, 2.05) is 0 Å². The molecule has 0 aromatic rings. The molecule has 2 aliphatic rings. The molecule has 0 atom stereocenters. The van der Waals surface area contributed by atoms with Crippen LogP contribution in [0, 0.1) is 0 Å². The second-order valence-corrected chi connectivity index (χ2v) is 14.3. The first-order chi connectivity index (χ1) is 6.88. The van der Waals surface area contributed by atoms with E-state index in [1.165, 1.54) is 20.7 Å². The molecule has 0 heterocycles. The Balaban J connectivity index is 1.82. The number of rotatable bonds is 2. The fourth-order valence-corrected chi connectivity index (χ4v) is 12.9. The van der Waals surface area contributed by atoms with Crippen molar-refractivity contribution in [1.82, 2.24) is 0 Å². The van der Waals surface area contributed by atoms with Crippen LogP contribution in [0.3, 0.4) is 0 Å².